The first-order valence-electron chi connectivity index (χ1n) is 9.90. The Morgan fingerprint density at radius 1 is 1.23 bits per heavy atom. The summed E-state index contributed by atoms with van der Waals surface area (Å²) in [4.78, 5) is 14.9. The van der Waals surface area contributed by atoms with Crippen molar-refractivity contribution in [3.05, 3.63) is 23.8 Å². The lowest BCUT2D eigenvalue weighted by atomic mass is 10.00. The second-order valence-electron chi connectivity index (χ2n) is 7.39. The van der Waals surface area contributed by atoms with Crippen molar-refractivity contribution >= 4 is 5.97 Å². The van der Waals surface area contributed by atoms with Gasteiger partial charge in [0.05, 0.1) is 12.2 Å². The molecule has 0 radical (unpaired) electrons. The van der Waals surface area contributed by atoms with Crippen LogP contribution in [0.2, 0.25) is 0 Å². The SMILES string of the molecule is CCCCOc1cc(C(=O)OC[C@H](C(C)C)N2CCCCC2)ccc1O. The van der Waals surface area contributed by atoms with Crippen molar-refractivity contribution in [2.45, 2.75) is 58.9 Å². The number of hydrogen-bond acceptors (Lipinski definition) is 5. The summed E-state index contributed by atoms with van der Waals surface area (Å²) >= 11 is 0. The van der Waals surface area contributed by atoms with Gasteiger partial charge in [0.25, 0.3) is 0 Å². The lowest BCUT2D eigenvalue weighted by Gasteiger charge is -2.36. The van der Waals surface area contributed by atoms with Gasteiger partial charge in [0.2, 0.25) is 0 Å². The van der Waals surface area contributed by atoms with Gasteiger partial charge in [-0.3, -0.25) is 4.90 Å². The third-order valence-electron chi connectivity index (χ3n) is 4.97. The number of esters is 1. The van der Waals surface area contributed by atoms with Gasteiger partial charge in [-0.25, -0.2) is 4.79 Å². The molecule has 1 atom stereocenters. The number of nitrogens with zero attached hydrogens (tertiary/aromatic N) is 1. The van der Waals surface area contributed by atoms with Gasteiger partial charge in [0.15, 0.2) is 11.5 Å². The number of carbonyl (C=O) groups excluding carboxylic acids is 1. The molecule has 5 heteroatoms. The number of piperidine rings is 1. The molecule has 0 bridgehead atoms. The van der Waals surface area contributed by atoms with E-state index in [1.54, 1.807) is 12.1 Å². The van der Waals surface area contributed by atoms with Gasteiger partial charge < -0.3 is 14.6 Å². The van der Waals surface area contributed by atoms with Gasteiger partial charge in [-0.05, 0) is 56.5 Å². The van der Waals surface area contributed by atoms with E-state index in [-0.39, 0.29) is 17.8 Å². The zero-order chi connectivity index (χ0) is 18.9. The van der Waals surface area contributed by atoms with Crippen LogP contribution in [0.4, 0.5) is 0 Å². The molecule has 0 unspecified atom stereocenters. The van der Waals surface area contributed by atoms with Gasteiger partial charge in [-0.15, -0.1) is 0 Å². The highest BCUT2D eigenvalue weighted by Gasteiger charge is 2.25. The van der Waals surface area contributed by atoms with Crippen LogP contribution in [0.5, 0.6) is 11.5 Å². The maximum absolute atomic E-state index is 12.5. The van der Waals surface area contributed by atoms with E-state index in [4.69, 9.17) is 9.47 Å². The molecule has 2 rings (SSSR count). The minimum Gasteiger partial charge on any atom is -0.504 e. The molecule has 26 heavy (non-hydrogen) atoms. The van der Waals surface area contributed by atoms with E-state index < -0.39 is 0 Å². The molecule has 5 nitrogen and oxygen atoms in total. The fourth-order valence-electron chi connectivity index (χ4n) is 3.30. The molecular weight excluding hydrogens is 330 g/mol. The minimum atomic E-state index is -0.368. The van der Waals surface area contributed by atoms with Crippen molar-refractivity contribution in [1.82, 2.24) is 4.90 Å². The minimum absolute atomic E-state index is 0.0472. The maximum atomic E-state index is 12.5. The summed E-state index contributed by atoms with van der Waals surface area (Å²) < 4.78 is 11.2. The summed E-state index contributed by atoms with van der Waals surface area (Å²) in [7, 11) is 0. The Balaban J connectivity index is 1.96. The topological polar surface area (TPSA) is 59.0 Å². The normalized spacial score (nSPS) is 16.5. The number of ether oxygens (including phenoxy) is 2. The Kier molecular flexibility index (Phi) is 8.23. The van der Waals surface area contributed by atoms with Crippen LogP contribution < -0.4 is 4.74 Å². The van der Waals surface area contributed by atoms with Crippen molar-refractivity contribution in [3.8, 4) is 11.5 Å². The van der Waals surface area contributed by atoms with Crippen LogP contribution in [0.15, 0.2) is 18.2 Å². The number of phenols is 1. The number of rotatable bonds is 9. The van der Waals surface area contributed by atoms with Gasteiger partial charge in [0, 0.05) is 6.04 Å². The zero-order valence-electron chi connectivity index (χ0n) is 16.4. The predicted octanol–water partition coefficient (Wildman–Crippen LogP) is 4.24. The maximum Gasteiger partial charge on any atom is 0.338 e. The summed E-state index contributed by atoms with van der Waals surface area (Å²) in [5, 5.41) is 9.89. The first-order valence-corrected chi connectivity index (χ1v) is 9.90. The Bertz CT molecular complexity index is 567. The van der Waals surface area contributed by atoms with E-state index in [2.05, 4.69) is 25.7 Å². The molecule has 146 valence electrons. The molecule has 0 spiro atoms. The highest BCUT2D eigenvalue weighted by atomic mass is 16.5. The van der Waals surface area contributed by atoms with Gasteiger partial charge in [0.1, 0.15) is 6.61 Å². The molecule has 1 saturated heterocycles. The van der Waals surface area contributed by atoms with Crippen LogP contribution >= 0.6 is 0 Å². The summed E-state index contributed by atoms with van der Waals surface area (Å²) in [6.45, 7) is 9.49. The van der Waals surface area contributed by atoms with Crippen LogP contribution in [0.3, 0.4) is 0 Å². The number of carbonyl (C=O) groups is 1. The molecule has 1 aromatic carbocycles. The summed E-state index contributed by atoms with van der Waals surface area (Å²) in [6.07, 6.45) is 5.63. The smallest absolute Gasteiger partial charge is 0.338 e. The summed E-state index contributed by atoms with van der Waals surface area (Å²) in [5.41, 5.74) is 0.412. The van der Waals surface area contributed by atoms with E-state index in [1.165, 1.54) is 25.3 Å². The van der Waals surface area contributed by atoms with Gasteiger partial charge in [-0.2, -0.15) is 0 Å². The molecule has 0 aliphatic carbocycles. The molecule has 1 aromatic rings. The van der Waals surface area contributed by atoms with Crippen molar-refractivity contribution in [2.24, 2.45) is 5.92 Å². The van der Waals surface area contributed by atoms with E-state index in [1.807, 2.05) is 0 Å². The molecule has 1 heterocycles. The third-order valence-corrected chi connectivity index (χ3v) is 4.97. The van der Waals surface area contributed by atoms with Crippen molar-refractivity contribution in [3.63, 3.8) is 0 Å². The molecule has 0 amide bonds. The van der Waals surface area contributed by atoms with Gasteiger partial charge in [-0.1, -0.05) is 33.6 Å². The monoisotopic (exact) mass is 363 g/mol. The van der Waals surface area contributed by atoms with Crippen LogP contribution in [-0.4, -0.2) is 48.3 Å². The molecule has 1 N–H and O–H groups in total. The van der Waals surface area contributed by atoms with Crippen molar-refractivity contribution in [2.75, 3.05) is 26.3 Å². The first-order chi connectivity index (χ1) is 12.5. The molecule has 0 aromatic heterocycles. The number of hydrogen-bond donors (Lipinski definition) is 1. The summed E-state index contributed by atoms with van der Waals surface area (Å²) in [6, 6.07) is 4.88. The molecule has 0 saturated carbocycles. The third kappa shape index (κ3) is 5.90. The van der Waals surface area contributed by atoms with Crippen molar-refractivity contribution in [1.29, 1.82) is 0 Å². The summed E-state index contributed by atoms with van der Waals surface area (Å²) in [5.74, 6) is 0.442. The molecule has 1 aliphatic heterocycles. The average molecular weight is 363 g/mol. The zero-order valence-corrected chi connectivity index (χ0v) is 16.4. The van der Waals surface area contributed by atoms with Crippen LogP contribution in [0.1, 0.15) is 63.2 Å². The van der Waals surface area contributed by atoms with Crippen LogP contribution in [0, 0.1) is 5.92 Å². The highest BCUT2D eigenvalue weighted by Crippen LogP contribution is 2.27. The quantitative estimate of drug-likeness (QED) is 0.525. The standard InChI is InChI=1S/C21H33NO4/c1-4-5-13-25-20-14-17(9-10-19(20)23)21(24)26-15-18(16(2)3)22-11-7-6-8-12-22/h9-10,14,16,18,23H,4-8,11-13,15H2,1-3H3/t18-/m1/s1. The Hall–Kier alpha value is -1.75. The lowest BCUT2D eigenvalue weighted by Crippen LogP contribution is -2.45. The number of unbranched alkanes of at least 4 members (excludes halogenated alkanes) is 1. The average Bonchev–Trinajstić information content (AvgIpc) is 2.64. The lowest BCUT2D eigenvalue weighted by molar-refractivity contribution is 0.0233. The Morgan fingerprint density at radius 2 is 1.96 bits per heavy atom. The fourth-order valence-corrected chi connectivity index (χ4v) is 3.30. The first kappa shape index (κ1) is 20.6. The molecule has 1 aliphatic rings. The van der Waals surface area contributed by atoms with E-state index in [9.17, 15) is 9.90 Å². The Morgan fingerprint density at radius 3 is 2.62 bits per heavy atom. The second-order valence-corrected chi connectivity index (χ2v) is 7.39. The molecular formula is C21H33NO4. The van der Waals surface area contributed by atoms with E-state index >= 15 is 0 Å². The number of benzene rings is 1. The highest BCUT2D eigenvalue weighted by molar-refractivity contribution is 5.90. The number of aromatic hydroxyl groups is 1. The van der Waals surface area contributed by atoms with Crippen LogP contribution in [0.25, 0.3) is 0 Å². The van der Waals surface area contributed by atoms with Crippen molar-refractivity contribution < 1.29 is 19.4 Å². The van der Waals surface area contributed by atoms with Gasteiger partial charge >= 0.3 is 5.97 Å². The molecule has 1 fully saturated rings. The fraction of sp³-hybridized carbons (Fsp3) is 0.667. The number of phenolic OH excluding ortho intramolecular Hbond substituents is 1. The second kappa shape index (κ2) is 10.4. The van der Waals surface area contributed by atoms with Crippen LogP contribution in [-0.2, 0) is 4.74 Å². The number of likely N-dealkylation sites (tertiary alicyclic amines) is 1. The largest absolute Gasteiger partial charge is 0.504 e. The van der Waals surface area contributed by atoms with E-state index in [0.717, 1.165) is 25.9 Å². The van der Waals surface area contributed by atoms with E-state index in [0.29, 0.717) is 30.4 Å². The Labute approximate surface area is 157 Å². The predicted molar refractivity (Wildman–Crippen MR) is 103 cm³/mol.